The van der Waals surface area contributed by atoms with E-state index < -0.39 is 29.2 Å². The van der Waals surface area contributed by atoms with Crippen LogP contribution >= 0.6 is 0 Å². The number of hydroxylamine groups is 1. The molecule has 1 aliphatic rings. The summed E-state index contributed by atoms with van der Waals surface area (Å²) in [7, 11) is 0. The molecule has 3 N–H and O–H groups in total. The highest BCUT2D eigenvalue weighted by Crippen LogP contribution is 2.30. The number of amidine groups is 1. The first-order valence-corrected chi connectivity index (χ1v) is 8.56. The van der Waals surface area contributed by atoms with Crippen LogP contribution in [-0.2, 0) is 4.84 Å². The highest BCUT2D eigenvalue weighted by molar-refractivity contribution is 6.03. The van der Waals surface area contributed by atoms with Gasteiger partial charge in [0.25, 0.3) is 0 Å². The van der Waals surface area contributed by atoms with Crippen LogP contribution in [0.25, 0.3) is 5.65 Å². The Morgan fingerprint density at radius 1 is 1.32 bits per heavy atom. The second kappa shape index (κ2) is 6.41. The predicted molar refractivity (Wildman–Crippen MR) is 97.9 cm³/mol. The van der Waals surface area contributed by atoms with Crippen molar-refractivity contribution in [1.29, 1.82) is 0 Å². The van der Waals surface area contributed by atoms with Gasteiger partial charge in [-0.25, -0.2) is 33.6 Å². The number of phenolic OH excluding ortho intramolecular Hbond substituents is 1. The molecule has 0 radical (unpaired) electrons. The third-order valence-electron chi connectivity index (χ3n) is 4.29. The largest absolute Gasteiger partial charge is 0.505 e. The van der Waals surface area contributed by atoms with Crippen LogP contribution < -0.4 is 10.8 Å². The molecule has 4 rings (SSSR count). The average Bonchev–Trinajstić information content (AvgIpc) is 3.20. The Kier molecular flexibility index (Phi) is 4.15. The molecule has 28 heavy (non-hydrogen) atoms. The number of hydrogen-bond donors (Lipinski definition) is 3. The van der Waals surface area contributed by atoms with Crippen molar-refractivity contribution in [2.45, 2.75) is 32.5 Å². The van der Waals surface area contributed by atoms with E-state index in [1.165, 1.54) is 0 Å². The Bertz CT molecular complexity index is 1100. The van der Waals surface area contributed by atoms with Crippen LogP contribution in [0.4, 0.5) is 14.6 Å². The van der Waals surface area contributed by atoms with Gasteiger partial charge in [0.15, 0.2) is 28.8 Å². The molecule has 1 aromatic carbocycles. The molecule has 0 amide bonds. The lowest BCUT2D eigenvalue weighted by Gasteiger charge is -2.17. The van der Waals surface area contributed by atoms with Crippen LogP contribution in [0.5, 0.6) is 5.75 Å². The number of nitrogens with zero attached hydrogens (tertiary/aromatic N) is 4. The number of aromatic nitrogens is 3. The molecule has 1 aliphatic heterocycles. The highest BCUT2D eigenvalue weighted by Gasteiger charge is 2.28. The van der Waals surface area contributed by atoms with E-state index in [1.807, 2.05) is 13.8 Å². The molecular formula is C18H18F2N6O2. The monoisotopic (exact) mass is 388 g/mol. The van der Waals surface area contributed by atoms with E-state index in [2.05, 4.69) is 25.9 Å². The molecule has 0 bridgehead atoms. The average molecular weight is 388 g/mol. The van der Waals surface area contributed by atoms with E-state index in [-0.39, 0.29) is 5.56 Å². The quantitative estimate of drug-likeness (QED) is 0.636. The van der Waals surface area contributed by atoms with Gasteiger partial charge in [0.05, 0.1) is 17.8 Å². The fraction of sp³-hybridized carbons (Fsp3) is 0.278. The maximum absolute atomic E-state index is 13.6. The summed E-state index contributed by atoms with van der Waals surface area (Å²) in [5.74, 6) is -1.45. The van der Waals surface area contributed by atoms with Crippen molar-refractivity contribution in [3.05, 3.63) is 53.4 Å². The fourth-order valence-corrected chi connectivity index (χ4v) is 2.94. The van der Waals surface area contributed by atoms with E-state index in [4.69, 9.17) is 4.84 Å². The highest BCUT2D eigenvalue weighted by atomic mass is 19.1. The summed E-state index contributed by atoms with van der Waals surface area (Å²) in [6.45, 7) is 5.28. The number of fused-ring (bicyclic) bond motifs is 1. The molecule has 8 nitrogen and oxygen atoms in total. The minimum Gasteiger partial charge on any atom is -0.505 e. The lowest BCUT2D eigenvalue weighted by atomic mass is 10.1. The van der Waals surface area contributed by atoms with Crippen molar-refractivity contribution in [2.24, 2.45) is 4.99 Å². The molecule has 0 spiro atoms. The molecule has 3 aromatic rings. The predicted octanol–water partition coefficient (Wildman–Crippen LogP) is 2.90. The summed E-state index contributed by atoms with van der Waals surface area (Å²) in [6, 6.07) is 2.77. The summed E-state index contributed by atoms with van der Waals surface area (Å²) >= 11 is 0. The minimum absolute atomic E-state index is 0.0879. The van der Waals surface area contributed by atoms with E-state index in [0.717, 1.165) is 6.07 Å². The van der Waals surface area contributed by atoms with Crippen molar-refractivity contribution >= 4 is 17.3 Å². The third-order valence-corrected chi connectivity index (χ3v) is 4.29. The van der Waals surface area contributed by atoms with Crippen molar-refractivity contribution in [3.63, 3.8) is 0 Å². The maximum atomic E-state index is 13.6. The van der Waals surface area contributed by atoms with Gasteiger partial charge in [-0.2, -0.15) is 5.10 Å². The Morgan fingerprint density at radius 2 is 2.11 bits per heavy atom. The standard InChI is InChI=1S/C18H18F2N6O2/c1-9(11-6-10(19)7-13(20)15(11)27)22-14-4-5-26-17(23-14)12(8-21-26)16-24-18(2,3)28-25-16/h4-9,27H,1-3H3,(H,22,23)(H,24,25). The molecule has 1 atom stereocenters. The molecule has 146 valence electrons. The Morgan fingerprint density at radius 3 is 2.82 bits per heavy atom. The van der Waals surface area contributed by atoms with Gasteiger partial charge in [-0.3, -0.25) is 0 Å². The number of anilines is 1. The summed E-state index contributed by atoms with van der Waals surface area (Å²) in [4.78, 5) is 14.3. The Balaban J connectivity index is 1.66. The minimum atomic E-state index is -1.02. The van der Waals surface area contributed by atoms with Gasteiger partial charge in [-0.1, -0.05) is 0 Å². The second-order valence-electron chi connectivity index (χ2n) is 6.94. The number of rotatable bonds is 4. The summed E-state index contributed by atoms with van der Waals surface area (Å²) in [5, 5.41) is 17.2. The van der Waals surface area contributed by atoms with Crippen molar-refractivity contribution in [3.8, 4) is 5.75 Å². The van der Waals surface area contributed by atoms with Crippen molar-refractivity contribution < 1.29 is 18.7 Å². The van der Waals surface area contributed by atoms with Gasteiger partial charge in [0, 0.05) is 17.8 Å². The zero-order chi connectivity index (χ0) is 20.1. The van der Waals surface area contributed by atoms with Gasteiger partial charge < -0.3 is 10.4 Å². The van der Waals surface area contributed by atoms with Crippen molar-refractivity contribution in [1.82, 2.24) is 20.1 Å². The van der Waals surface area contributed by atoms with Gasteiger partial charge in [-0.15, -0.1) is 0 Å². The van der Waals surface area contributed by atoms with Gasteiger partial charge >= 0.3 is 0 Å². The number of benzene rings is 1. The lowest BCUT2D eigenvalue weighted by Crippen LogP contribution is -2.23. The molecule has 0 saturated heterocycles. The van der Waals surface area contributed by atoms with E-state index in [9.17, 15) is 13.9 Å². The van der Waals surface area contributed by atoms with Crippen LogP contribution in [0.1, 0.15) is 37.9 Å². The zero-order valence-corrected chi connectivity index (χ0v) is 15.4. The topological polar surface area (TPSA) is 96.1 Å². The lowest BCUT2D eigenvalue weighted by molar-refractivity contribution is -0.0269. The molecule has 2 aromatic heterocycles. The van der Waals surface area contributed by atoms with Crippen LogP contribution in [-0.4, -0.2) is 31.3 Å². The normalized spacial score (nSPS) is 16.7. The van der Waals surface area contributed by atoms with Crippen LogP contribution in [0, 0.1) is 11.6 Å². The Labute approximate surface area is 158 Å². The fourth-order valence-electron chi connectivity index (χ4n) is 2.94. The number of aliphatic imine (C=N–C) groups is 1. The van der Waals surface area contributed by atoms with Gasteiger partial charge in [0.1, 0.15) is 11.6 Å². The number of aromatic hydroxyl groups is 1. The zero-order valence-electron chi connectivity index (χ0n) is 15.4. The number of phenols is 1. The summed E-state index contributed by atoms with van der Waals surface area (Å²) in [6.07, 6.45) is 3.30. The third kappa shape index (κ3) is 3.22. The maximum Gasteiger partial charge on any atom is 0.182 e. The first-order chi connectivity index (χ1) is 13.2. The second-order valence-corrected chi connectivity index (χ2v) is 6.94. The van der Waals surface area contributed by atoms with Crippen LogP contribution in [0.2, 0.25) is 0 Å². The molecule has 0 saturated carbocycles. The van der Waals surface area contributed by atoms with Crippen LogP contribution in [0.3, 0.4) is 0 Å². The molecule has 0 fully saturated rings. The molecule has 3 heterocycles. The van der Waals surface area contributed by atoms with Crippen molar-refractivity contribution in [2.75, 3.05) is 5.32 Å². The number of hydrogen-bond acceptors (Lipinski definition) is 7. The Hall–Kier alpha value is -3.27. The number of nitrogens with one attached hydrogen (secondary N) is 2. The smallest absolute Gasteiger partial charge is 0.182 e. The molecule has 1 unspecified atom stereocenters. The SMILES string of the molecule is CC(Nc1ccn2ncc(C3=NC(C)(C)ON3)c2n1)c1cc(F)cc(F)c1O. The first kappa shape index (κ1) is 18.1. The molecule has 10 heteroatoms. The van der Waals surface area contributed by atoms with E-state index in [0.29, 0.717) is 28.9 Å². The van der Waals surface area contributed by atoms with E-state index >= 15 is 0 Å². The summed E-state index contributed by atoms with van der Waals surface area (Å²) in [5.41, 5.74) is 3.31. The van der Waals surface area contributed by atoms with E-state index in [1.54, 1.807) is 29.9 Å². The molecular weight excluding hydrogens is 370 g/mol. The first-order valence-electron chi connectivity index (χ1n) is 8.56. The van der Waals surface area contributed by atoms with Gasteiger partial charge in [0.2, 0.25) is 0 Å². The van der Waals surface area contributed by atoms with Gasteiger partial charge in [-0.05, 0) is 32.9 Å². The van der Waals surface area contributed by atoms with Crippen LogP contribution in [0.15, 0.2) is 35.6 Å². The molecule has 0 aliphatic carbocycles. The number of halogens is 2. The summed E-state index contributed by atoms with van der Waals surface area (Å²) < 4.78 is 28.7.